The Kier molecular flexibility index (Phi) is 5.55. The molecule has 2 heterocycles. The molecule has 1 unspecified atom stereocenters. The standard InChI is InChI=1S/C21H28N4OS/c1-23(2)21(26)20-18-14-17(24-10-12-27-13-11-24)8-9-19(18)25(22-20)15-16-6-4-3-5-7-16/h3-7,17H,8-15H2,1-2H3. The van der Waals surface area contributed by atoms with Crippen molar-refractivity contribution in [2.45, 2.75) is 31.8 Å². The SMILES string of the molecule is CN(C)C(=O)c1nn(Cc2ccccc2)c2c1CC(N1CCSCC1)CC2. The average Bonchev–Trinajstić information content (AvgIpc) is 3.06. The van der Waals surface area contributed by atoms with E-state index >= 15 is 0 Å². The fourth-order valence-electron chi connectivity index (χ4n) is 4.19. The van der Waals surface area contributed by atoms with Crippen molar-refractivity contribution < 1.29 is 4.79 Å². The van der Waals surface area contributed by atoms with Crippen LogP contribution in [-0.2, 0) is 19.4 Å². The summed E-state index contributed by atoms with van der Waals surface area (Å²) in [7, 11) is 3.63. The van der Waals surface area contributed by atoms with Gasteiger partial charge in [-0.15, -0.1) is 0 Å². The fraction of sp³-hybridized carbons (Fsp3) is 0.524. The lowest BCUT2D eigenvalue weighted by molar-refractivity contribution is 0.0819. The lowest BCUT2D eigenvalue weighted by atomic mass is 9.90. The summed E-state index contributed by atoms with van der Waals surface area (Å²) in [6, 6.07) is 10.9. The zero-order valence-electron chi connectivity index (χ0n) is 16.2. The summed E-state index contributed by atoms with van der Waals surface area (Å²) in [5.41, 5.74) is 4.31. The molecule has 2 aliphatic rings. The van der Waals surface area contributed by atoms with Crippen LogP contribution in [0.2, 0.25) is 0 Å². The third-order valence-electron chi connectivity index (χ3n) is 5.67. The number of hydrogen-bond donors (Lipinski definition) is 0. The van der Waals surface area contributed by atoms with Crippen LogP contribution in [0.4, 0.5) is 0 Å². The second-order valence-electron chi connectivity index (χ2n) is 7.66. The van der Waals surface area contributed by atoms with Gasteiger partial charge in [0.1, 0.15) is 0 Å². The summed E-state index contributed by atoms with van der Waals surface area (Å²) >= 11 is 2.05. The largest absolute Gasteiger partial charge is 0.343 e. The zero-order chi connectivity index (χ0) is 18.8. The van der Waals surface area contributed by atoms with Crippen molar-refractivity contribution in [3.05, 3.63) is 52.8 Å². The summed E-state index contributed by atoms with van der Waals surface area (Å²) in [5, 5.41) is 4.79. The molecule has 0 saturated carbocycles. The van der Waals surface area contributed by atoms with Gasteiger partial charge in [-0.05, 0) is 24.8 Å². The van der Waals surface area contributed by atoms with Gasteiger partial charge in [0.15, 0.2) is 5.69 Å². The summed E-state index contributed by atoms with van der Waals surface area (Å²) in [5.74, 6) is 2.47. The molecule has 0 N–H and O–H groups in total. The molecule has 1 atom stereocenters. The Morgan fingerprint density at radius 1 is 1.22 bits per heavy atom. The minimum absolute atomic E-state index is 0.0212. The minimum Gasteiger partial charge on any atom is -0.343 e. The number of benzene rings is 1. The molecule has 6 heteroatoms. The molecule has 1 fully saturated rings. The highest BCUT2D eigenvalue weighted by Crippen LogP contribution is 2.29. The van der Waals surface area contributed by atoms with Gasteiger partial charge in [-0.1, -0.05) is 30.3 Å². The maximum atomic E-state index is 12.8. The van der Waals surface area contributed by atoms with Crippen LogP contribution in [0.3, 0.4) is 0 Å². The number of hydrogen-bond acceptors (Lipinski definition) is 4. The van der Waals surface area contributed by atoms with Gasteiger partial charge < -0.3 is 4.90 Å². The highest BCUT2D eigenvalue weighted by Gasteiger charge is 2.32. The van der Waals surface area contributed by atoms with Gasteiger partial charge in [-0.2, -0.15) is 16.9 Å². The zero-order valence-corrected chi connectivity index (χ0v) is 17.0. The molecule has 1 aliphatic carbocycles. The van der Waals surface area contributed by atoms with Crippen molar-refractivity contribution in [2.75, 3.05) is 38.7 Å². The Balaban J connectivity index is 1.64. The van der Waals surface area contributed by atoms with E-state index in [9.17, 15) is 4.79 Å². The maximum Gasteiger partial charge on any atom is 0.274 e. The maximum absolute atomic E-state index is 12.8. The first-order valence-electron chi connectivity index (χ1n) is 9.79. The Morgan fingerprint density at radius 2 is 1.96 bits per heavy atom. The normalized spacial score (nSPS) is 20.3. The lowest BCUT2D eigenvalue weighted by Gasteiger charge is -2.36. The number of fused-ring (bicyclic) bond motifs is 1. The van der Waals surface area contributed by atoms with Crippen LogP contribution < -0.4 is 0 Å². The van der Waals surface area contributed by atoms with E-state index in [0.717, 1.165) is 25.8 Å². The molecule has 5 nitrogen and oxygen atoms in total. The van der Waals surface area contributed by atoms with Crippen molar-refractivity contribution >= 4 is 17.7 Å². The molecule has 1 saturated heterocycles. The number of aromatic nitrogens is 2. The number of carbonyl (C=O) groups is 1. The van der Waals surface area contributed by atoms with E-state index in [1.165, 1.54) is 41.4 Å². The minimum atomic E-state index is 0.0212. The van der Waals surface area contributed by atoms with E-state index < -0.39 is 0 Å². The monoisotopic (exact) mass is 384 g/mol. The van der Waals surface area contributed by atoms with E-state index in [-0.39, 0.29) is 5.91 Å². The number of nitrogens with zero attached hydrogens (tertiary/aromatic N) is 4. The highest BCUT2D eigenvalue weighted by atomic mass is 32.2. The number of rotatable bonds is 4. The van der Waals surface area contributed by atoms with Crippen LogP contribution in [0.25, 0.3) is 0 Å². The van der Waals surface area contributed by atoms with E-state index in [1.54, 1.807) is 4.90 Å². The van der Waals surface area contributed by atoms with Crippen LogP contribution in [-0.4, -0.2) is 70.2 Å². The quantitative estimate of drug-likeness (QED) is 0.812. The first-order chi connectivity index (χ1) is 13.1. The second kappa shape index (κ2) is 8.07. The van der Waals surface area contributed by atoms with Crippen LogP contribution in [0.1, 0.15) is 33.7 Å². The van der Waals surface area contributed by atoms with E-state index in [2.05, 4.69) is 33.8 Å². The predicted octanol–water partition coefficient (Wildman–Crippen LogP) is 2.54. The van der Waals surface area contributed by atoms with Crippen molar-refractivity contribution in [1.82, 2.24) is 19.6 Å². The molecular formula is C21H28N4OS. The van der Waals surface area contributed by atoms with Gasteiger partial charge in [0.25, 0.3) is 5.91 Å². The predicted molar refractivity (Wildman–Crippen MR) is 110 cm³/mol. The first kappa shape index (κ1) is 18.6. The van der Waals surface area contributed by atoms with Crippen LogP contribution in [0.5, 0.6) is 0 Å². The summed E-state index contributed by atoms with van der Waals surface area (Å²) in [6.07, 6.45) is 3.11. The van der Waals surface area contributed by atoms with Crippen molar-refractivity contribution in [2.24, 2.45) is 0 Å². The second-order valence-corrected chi connectivity index (χ2v) is 8.89. The molecule has 1 aromatic carbocycles. The number of amides is 1. The third kappa shape index (κ3) is 3.92. The molecule has 1 amide bonds. The Hall–Kier alpha value is -1.79. The molecule has 0 radical (unpaired) electrons. The molecule has 4 rings (SSSR count). The van der Waals surface area contributed by atoms with Gasteiger partial charge in [-0.25, -0.2) is 0 Å². The van der Waals surface area contributed by atoms with Gasteiger partial charge in [-0.3, -0.25) is 14.4 Å². The Morgan fingerprint density at radius 3 is 2.67 bits per heavy atom. The van der Waals surface area contributed by atoms with E-state index in [1.807, 2.05) is 31.9 Å². The fourth-order valence-corrected chi connectivity index (χ4v) is 5.13. The molecule has 0 spiro atoms. The Labute approximate surface area is 165 Å². The summed E-state index contributed by atoms with van der Waals surface area (Å²) in [4.78, 5) is 17.1. The molecule has 0 bridgehead atoms. The molecule has 144 valence electrons. The topological polar surface area (TPSA) is 41.4 Å². The smallest absolute Gasteiger partial charge is 0.274 e. The summed E-state index contributed by atoms with van der Waals surface area (Å²) < 4.78 is 2.07. The number of carbonyl (C=O) groups excluding carboxylic acids is 1. The van der Waals surface area contributed by atoms with Crippen LogP contribution >= 0.6 is 11.8 Å². The van der Waals surface area contributed by atoms with Crippen molar-refractivity contribution in [1.29, 1.82) is 0 Å². The van der Waals surface area contributed by atoms with Gasteiger partial charge in [0.2, 0.25) is 0 Å². The highest BCUT2D eigenvalue weighted by molar-refractivity contribution is 7.99. The third-order valence-corrected chi connectivity index (χ3v) is 6.61. The van der Waals surface area contributed by atoms with Crippen molar-refractivity contribution in [3.63, 3.8) is 0 Å². The molecular weight excluding hydrogens is 356 g/mol. The first-order valence-corrected chi connectivity index (χ1v) is 10.9. The molecule has 1 aromatic heterocycles. The van der Waals surface area contributed by atoms with Crippen LogP contribution in [0.15, 0.2) is 30.3 Å². The van der Waals surface area contributed by atoms with Crippen LogP contribution in [0, 0.1) is 0 Å². The molecule has 27 heavy (non-hydrogen) atoms. The summed E-state index contributed by atoms with van der Waals surface area (Å²) in [6.45, 7) is 3.06. The van der Waals surface area contributed by atoms with E-state index in [0.29, 0.717) is 11.7 Å². The van der Waals surface area contributed by atoms with Gasteiger partial charge in [0.05, 0.1) is 6.54 Å². The van der Waals surface area contributed by atoms with Crippen molar-refractivity contribution in [3.8, 4) is 0 Å². The van der Waals surface area contributed by atoms with Gasteiger partial charge >= 0.3 is 0 Å². The lowest BCUT2D eigenvalue weighted by Crippen LogP contribution is -2.44. The van der Waals surface area contributed by atoms with E-state index in [4.69, 9.17) is 5.10 Å². The average molecular weight is 385 g/mol. The molecule has 2 aromatic rings. The Bertz CT molecular complexity index is 796. The number of thioether (sulfide) groups is 1. The van der Waals surface area contributed by atoms with Gasteiger partial charge in [0, 0.05) is 56.0 Å². The molecule has 1 aliphatic heterocycles.